The fourth-order valence-corrected chi connectivity index (χ4v) is 4.01. The fraction of sp³-hybridized carbons (Fsp3) is 0.143. The molecule has 1 saturated heterocycles. The average Bonchev–Trinajstić information content (AvgIpc) is 3.13. The zero-order valence-corrected chi connectivity index (χ0v) is 10.9. The Morgan fingerprint density at radius 2 is 1.42 bits per heavy atom. The SMILES string of the molecule is O=S(=O)(c1ccccc1)C1C(c2ccccc2)N1O. The third kappa shape index (κ3) is 2.06. The third-order valence-corrected chi connectivity index (χ3v) is 5.30. The molecule has 3 atom stereocenters. The Morgan fingerprint density at radius 1 is 0.895 bits per heavy atom. The molecular formula is C14H13NO3S. The van der Waals surface area contributed by atoms with Gasteiger partial charge >= 0.3 is 0 Å². The molecule has 0 bridgehead atoms. The largest absolute Gasteiger partial charge is 0.312 e. The summed E-state index contributed by atoms with van der Waals surface area (Å²) in [5, 5.41) is 9.79. The van der Waals surface area contributed by atoms with Crippen LogP contribution >= 0.6 is 0 Å². The van der Waals surface area contributed by atoms with Crippen molar-refractivity contribution in [3.63, 3.8) is 0 Å². The monoisotopic (exact) mass is 275 g/mol. The minimum Gasteiger partial charge on any atom is -0.312 e. The second kappa shape index (κ2) is 4.45. The van der Waals surface area contributed by atoms with Crippen LogP contribution in [-0.2, 0) is 9.84 Å². The molecule has 0 radical (unpaired) electrons. The van der Waals surface area contributed by atoms with Crippen molar-refractivity contribution >= 4 is 9.84 Å². The molecule has 1 fully saturated rings. The molecule has 5 heteroatoms. The molecule has 1 N–H and O–H groups in total. The van der Waals surface area contributed by atoms with Gasteiger partial charge in [-0.2, -0.15) is 5.06 Å². The Bertz CT molecular complexity index is 670. The maximum absolute atomic E-state index is 12.4. The molecule has 1 aliphatic heterocycles. The van der Waals surface area contributed by atoms with E-state index in [1.54, 1.807) is 30.3 Å². The van der Waals surface area contributed by atoms with E-state index < -0.39 is 21.3 Å². The average molecular weight is 275 g/mol. The smallest absolute Gasteiger partial charge is 0.198 e. The molecule has 3 rings (SSSR count). The number of hydrogen-bond donors (Lipinski definition) is 1. The summed E-state index contributed by atoms with van der Waals surface area (Å²) < 4.78 is 24.8. The summed E-state index contributed by atoms with van der Waals surface area (Å²) in [6, 6.07) is 16.9. The molecule has 4 nitrogen and oxygen atoms in total. The number of hydroxylamine groups is 2. The molecule has 1 aliphatic rings. The minimum absolute atomic E-state index is 0.234. The fourth-order valence-electron chi connectivity index (χ4n) is 2.23. The molecule has 0 aromatic heterocycles. The summed E-state index contributed by atoms with van der Waals surface area (Å²) in [6.07, 6.45) is 0. The number of hydrogen-bond acceptors (Lipinski definition) is 4. The van der Waals surface area contributed by atoms with Gasteiger partial charge in [0, 0.05) is 0 Å². The first kappa shape index (κ1) is 12.3. The van der Waals surface area contributed by atoms with Crippen molar-refractivity contribution in [2.45, 2.75) is 16.3 Å². The predicted molar refractivity (Wildman–Crippen MR) is 70.2 cm³/mol. The van der Waals surface area contributed by atoms with Crippen molar-refractivity contribution in [1.29, 1.82) is 0 Å². The topological polar surface area (TPSA) is 57.4 Å². The van der Waals surface area contributed by atoms with Gasteiger partial charge in [-0.15, -0.1) is 0 Å². The Balaban J connectivity index is 1.93. The molecular weight excluding hydrogens is 262 g/mol. The van der Waals surface area contributed by atoms with Crippen LogP contribution in [0.5, 0.6) is 0 Å². The van der Waals surface area contributed by atoms with Gasteiger partial charge in [-0.3, -0.25) is 0 Å². The molecule has 0 aliphatic carbocycles. The van der Waals surface area contributed by atoms with E-state index in [1.165, 1.54) is 0 Å². The van der Waals surface area contributed by atoms with Crippen LogP contribution in [-0.4, -0.2) is 24.1 Å². The van der Waals surface area contributed by atoms with E-state index in [9.17, 15) is 13.6 Å². The van der Waals surface area contributed by atoms with Crippen molar-refractivity contribution in [2.75, 3.05) is 0 Å². The maximum atomic E-state index is 12.4. The van der Waals surface area contributed by atoms with Crippen molar-refractivity contribution < 1.29 is 13.6 Å². The van der Waals surface area contributed by atoms with Crippen LogP contribution in [0.4, 0.5) is 0 Å². The number of rotatable bonds is 3. The van der Waals surface area contributed by atoms with Crippen molar-refractivity contribution in [1.82, 2.24) is 5.06 Å². The van der Waals surface area contributed by atoms with E-state index in [-0.39, 0.29) is 4.90 Å². The highest BCUT2D eigenvalue weighted by molar-refractivity contribution is 7.92. The van der Waals surface area contributed by atoms with E-state index in [0.717, 1.165) is 10.6 Å². The summed E-state index contributed by atoms with van der Waals surface area (Å²) in [5.41, 5.74) is 0.800. The number of sulfone groups is 1. The molecule has 2 aromatic rings. The normalized spacial score (nSPS) is 26.1. The molecule has 0 spiro atoms. The van der Waals surface area contributed by atoms with Crippen LogP contribution in [0.2, 0.25) is 0 Å². The van der Waals surface area contributed by atoms with Gasteiger partial charge < -0.3 is 5.21 Å². The maximum Gasteiger partial charge on any atom is 0.198 e. The van der Waals surface area contributed by atoms with E-state index in [0.29, 0.717) is 0 Å². The Kier molecular flexibility index (Phi) is 2.89. The third-order valence-electron chi connectivity index (χ3n) is 3.26. The number of benzene rings is 2. The van der Waals surface area contributed by atoms with Crippen molar-refractivity contribution in [2.24, 2.45) is 0 Å². The standard InChI is InChI=1S/C14H13NO3S/c16-15-13(11-7-3-1-4-8-11)14(15)19(17,18)12-9-5-2-6-10-12/h1-10,13-14,16H. The highest BCUT2D eigenvalue weighted by atomic mass is 32.2. The molecule has 1 heterocycles. The van der Waals surface area contributed by atoms with Crippen molar-refractivity contribution in [3.05, 3.63) is 66.2 Å². The lowest BCUT2D eigenvalue weighted by atomic mass is 10.2. The summed E-state index contributed by atoms with van der Waals surface area (Å²) in [7, 11) is -3.54. The van der Waals surface area contributed by atoms with E-state index in [2.05, 4.69) is 0 Å². The zero-order valence-electron chi connectivity index (χ0n) is 10.0. The predicted octanol–water partition coefficient (Wildman–Crippen LogP) is 2.23. The summed E-state index contributed by atoms with van der Waals surface area (Å²) in [4.78, 5) is 0.234. The number of nitrogens with zero attached hydrogens (tertiary/aromatic N) is 1. The quantitative estimate of drug-likeness (QED) is 0.873. The molecule has 3 unspecified atom stereocenters. The molecule has 2 aromatic carbocycles. The van der Waals surface area contributed by atoms with Gasteiger partial charge in [-0.1, -0.05) is 48.5 Å². The van der Waals surface area contributed by atoms with Crippen LogP contribution < -0.4 is 0 Å². The van der Waals surface area contributed by atoms with Crippen LogP contribution in [0.15, 0.2) is 65.6 Å². The highest BCUT2D eigenvalue weighted by Crippen LogP contribution is 2.46. The lowest BCUT2D eigenvalue weighted by molar-refractivity contribution is 0.0136. The lowest BCUT2D eigenvalue weighted by Crippen LogP contribution is -2.12. The molecule has 0 saturated carbocycles. The van der Waals surface area contributed by atoms with Crippen molar-refractivity contribution in [3.8, 4) is 0 Å². The van der Waals surface area contributed by atoms with Gasteiger partial charge in [-0.25, -0.2) is 8.42 Å². The van der Waals surface area contributed by atoms with Gasteiger partial charge in [0.2, 0.25) is 0 Å². The van der Waals surface area contributed by atoms with E-state index in [1.807, 2.05) is 30.3 Å². The lowest BCUT2D eigenvalue weighted by Gasteiger charge is -2.01. The van der Waals surface area contributed by atoms with Crippen LogP contribution in [0.3, 0.4) is 0 Å². The second-order valence-electron chi connectivity index (χ2n) is 4.48. The van der Waals surface area contributed by atoms with Gasteiger partial charge in [0.05, 0.1) is 10.9 Å². The first-order valence-corrected chi connectivity index (χ1v) is 7.48. The Labute approximate surface area is 111 Å². The molecule has 19 heavy (non-hydrogen) atoms. The minimum atomic E-state index is -3.54. The van der Waals surface area contributed by atoms with Crippen LogP contribution in [0.1, 0.15) is 11.6 Å². The van der Waals surface area contributed by atoms with Gasteiger partial charge in [0.1, 0.15) is 0 Å². The second-order valence-corrected chi connectivity index (χ2v) is 6.53. The van der Waals surface area contributed by atoms with Gasteiger partial charge in [-0.05, 0) is 17.7 Å². The van der Waals surface area contributed by atoms with Gasteiger partial charge in [0.15, 0.2) is 15.2 Å². The first-order chi connectivity index (χ1) is 9.12. The van der Waals surface area contributed by atoms with Crippen LogP contribution in [0, 0.1) is 0 Å². The summed E-state index contributed by atoms with van der Waals surface area (Å²) in [6.45, 7) is 0. The highest BCUT2D eigenvalue weighted by Gasteiger charge is 2.57. The molecule has 0 amide bonds. The van der Waals surface area contributed by atoms with E-state index in [4.69, 9.17) is 0 Å². The van der Waals surface area contributed by atoms with E-state index >= 15 is 0 Å². The molecule has 98 valence electrons. The summed E-state index contributed by atoms with van der Waals surface area (Å²) >= 11 is 0. The first-order valence-electron chi connectivity index (χ1n) is 5.93. The Morgan fingerprint density at radius 3 is 2.00 bits per heavy atom. The Hall–Kier alpha value is -1.69. The van der Waals surface area contributed by atoms with Gasteiger partial charge in [0.25, 0.3) is 0 Å². The zero-order chi connectivity index (χ0) is 13.5. The van der Waals surface area contributed by atoms with Crippen LogP contribution in [0.25, 0.3) is 0 Å². The summed E-state index contributed by atoms with van der Waals surface area (Å²) in [5.74, 6) is 0.